The molecular formula is C24H25N3O5. The molecule has 6 rings (SSSR count). The lowest BCUT2D eigenvalue weighted by atomic mass is 9.98. The number of benzene rings is 1. The van der Waals surface area contributed by atoms with E-state index in [1.54, 1.807) is 0 Å². The number of nitrogens with zero attached hydrogens (tertiary/aromatic N) is 3. The molecule has 0 bridgehead atoms. The number of aromatic nitrogens is 2. The fourth-order valence-corrected chi connectivity index (χ4v) is 5.04. The summed E-state index contributed by atoms with van der Waals surface area (Å²) in [5.41, 5.74) is 6.04. The zero-order chi connectivity index (χ0) is 22.2. The van der Waals surface area contributed by atoms with Gasteiger partial charge in [0, 0.05) is 34.7 Å². The Balaban J connectivity index is 1.62. The number of rotatable bonds is 3. The van der Waals surface area contributed by atoms with Gasteiger partial charge < -0.3 is 28.4 Å². The van der Waals surface area contributed by atoms with Crippen LogP contribution in [0.5, 0.6) is 11.5 Å². The SMILES string of the molecule is Cc1c(C2(C)OCCO2)cc2n(c1=O)Cc1c-2nc2cc3c(cc2c1CN(C)C)OCO3. The quantitative estimate of drug-likeness (QED) is 0.490. The van der Waals surface area contributed by atoms with Crippen molar-refractivity contribution in [2.45, 2.75) is 32.7 Å². The molecule has 8 heteroatoms. The summed E-state index contributed by atoms with van der Waals surface area (Å²) in [6.45, 7) is 6.16. The van der Waals surface area contributed by atoms with Gasteiger partial charge >= 0.3 is 0 Å². The van der Waals surface area contributed by atoms with Crippen LogP contribution >= 0.6 is 0 Å². The summed E-state index contributed by atoms with van der Waals surface area (Å²) in [7, 11) is 4.08. The second-order valence-corrected chi connectivity index (χ2v) is 8.98. The zero-order valence-corrected chi connectivity index (χ0v) is 18.7. The van der Waals surface area contributed by atoms with Crippen LogP contribution in [0.15, 0.2) is 23.0 Å². The first-order chi connectivity index (χ1) is 15.4. The van der Waals surface area contributed by atoms with Crippen LogP contribution in [-0.4, -0.2) is 48.6 Å². The van der Waals surface area contributed by atoms with Crippen molar-refractivity contribution in [2.24, 2.45) is 0 Å². The summed E-state index contributed by atoms with van der Waals surface area (Å²) in [6.07, 6.45) is 0. The molecular weight excluding hydrogens is 410 g/mol. The van der Waals surface area contributed by atoms with Crippen molar-refractivity contribution in [3.63, 3.8) is 0 Å². The fraction of sp³-hybridized carbons (Fsp3) is 0.417. The summed E-state index contributed by atoms with van der Waals surface area (Å²) in [6, 6.07) is 5.95. The van der Waals surface area contributed by atoms with Gasteiger partial charge in [0.1, 0.15) is 0 Å². The molecule has 0 saturated carbocycles. The first-order valence-corrected chi connectivity index (χ1v) is 10.8. The number of pyridine rings is 2. The number of hydrogen-bond acceptors (Lipinski definition) is 7. The van der Waals surface area contributed by atoms with Crippen molar-refractivity contribution in [3.8, 4) is 22.9 Å². The van der Waals surface area contributed by atoms with E-state index in [1.807, 2.05) is 50.7 Å². The van der Waals surface area contributed by atoms with E-state index in [1.165, 1.54) is 0 Å². The summed E-state index contributed by atoms with van der Waals surface area (Å²) in [4.78, 5) is 20.5. The van der Waals surface area contributed by atoms with Gasteiger partial charge in [0.25, 0.3) is 5.56 Å². The summed E-state index contributed by atoms with van der Waals surface area (Å²) >= 11 is 0. The van der Waals surface area contributed by atoms with Crippen LogP contribution in [0.3, 0.4) is 0 Å². The first kappa shape index (κ1) is 19.7. The molecule has 8 nitrogen and oxygen atoms in total. The molecule has 3 aliphatic heterocycles. The highest BCUT2D eigenvalue weighted by atomic mass is 16.7. The third kappa shape index (κ3) is 2.73. The lowest BCUT2D eigenvalue weighted by Gasteiger charge is -2.25. The third-order valence-electron chi connectivity index (χ3n) is 6.60. The Morgan fingerprint density at radius 1 is 1.12 bits per heavy atom. The van der Waals surface area contributed by atoms with Crippen LogP contribution in [0.1, 0.15) is 29.2 Å². The van der Waals surface area contributed by atoms with Crippen molar-refractivity contribution >= 4 is 10.9 Å². The molecule has 32 heavy (non-hydrogen) atoms. The minimum Gasteiger partial charge on any atom is -0.454 e. The molecule has 166 valence electrons. The number of fused-ring (bicyclic) bond motifs is 5. The van der Waals surface area contributed by atoms with Crippen molar-refractivity contribution in [1.82, 2.24) is 14.5 Å². The fourth-order valence-electron chi connectivity index (χ4n) is 5.04. The lowest BCUT2D eigenvalue weighted by Crippen LogP contribution is -2.30. The highest BCUT2D eigenvalue weighted by molar-refractivity contribution is 5.90. The summed E-state index contributed by atoms with van der Waals surface area (Å²) < 4.78 is 24.8. The maximum Gasteiger partial charge on any atom is 0.254 e. The van der Waals surface area contributed by atoms with Crippen molar-refractivity contribution in [2.75, 3.05) is 34.1 Å². The Morgan fingerprint density at radius 2 is 1.84 bits per heavy atom. The molecule has 0 unspecified atom stereocenters. The van der Waals surface area contributed by atoms with E-state index in [9.17, 15) is 4.79 Å². The summed E-state index contributed by atoms with van der Waals surface area (Å²) in [5, 5.41) is 1.02. The van der Waals surface area contributed by atoms with E-state index in [2.05, 4.69) is 4.90 Å². The van der Waals surface area contributed by atoms with Crippen LogP contribution in [0.4, 0.5) is 0 Å². The third-order valence-corrected chi connectivity index (χ3v) is 6.60. The molecule has 0 aliphatic carbocycles. The predicted molar refractivity (Wildman–Crippen MR) is 118 cm³/mol. The van der Waals surface area contributed by atoms with Gasteiger partial charge in [0.2, 0.25) is 6.79 Å². The Morgan fingerprint density at radius 3 is 2.56 bits per heavy atom. The van der Waals surface area contributed by atoms with E-state index < -0.39 is 5.79 Å². The van der Waals surface area contributed by atoms with Crippen molar-refractivity contribution in [1.29, 1.82) is 0 Å². The highest BCUT2D eigenvalue weighted by Gasteiger charge is 2.38. The van der Waals surface area contributed by atoms with Gasteiger partial charge in [-0.25, -0.2) is 4.98 Å². The van der Waals surface area contributed by atoms with E-state index in [4.69, 9.17) is 23.9 Å². The molecule has 5 heterocycles. The average molecular weight is 435 g/mol. The van der Waals surface area contributed by atoms with Gasteiger partial charge in [0.15, 0.2) is 17.3 Å². The molecule has 0 atom stereocenters. The molecule has 1 saturated heterocycles. The summed E-state index contributed by atoms with van der Waals surface area (Å²) in [5.74, 6) is 0.506. The maximum absolute atomic E-state index is 13.4. The molecule has 0 radical (unpaired) electrons. The molecule has 1 fully saturated rings. The standard InChI is InChI=1S/C24H25N3O5/c1-13-17(24(2)31-5-6-32-24)8-19-22-16(11-27(19)23(13)28)15(10-26(3)4)14-7-20-21(30-12-29-20)9-18(14)25-22/h7-9H,5-6,10-12H2,1-4H3. The normalized spacial score (nSPS) is 17.9. The minimum absolute atomic E-state index is 0.0372. The van der Waals surface area contributed by atoms with Gasteiger partial charge in [-0.1, -0.05) is 0 Å². The van der Waals surface area contributed by atoms with Crippen LogP contribution < -0.4 is 15.0 Å². The molecule has 2 aromatic heterocycles. The Labute approximate surface area is 185 Å². The second kappa shape index (κ2) is 6.78. The van der Waals surface area contributed by atoms with Crippen LogP contribution in [-0.2, 0) is 28.4 Å². The zero-order valence-electron chi connectivity index (χ0n) is 18.7. The number of ether oxygens (including phenoxy) is 4. The minimum atomic E-state index is -0.920. The largest absolute Gasteiger partial charge is 0.454 e. The maximum atomic E-state index is 13.4. The van der Waals surface area contributed by atoms with E-state index in [0.29, 0.717) is 31.1 Å². The van der Waals surface area contributed by atoms with Crippen molar-refractivity contribution < 1.29 is 18.9 Å². The Kier molecular flexibility index (Phi) is 4.18. The van der Waals surface area contributed by atoms with Gasteiger partial charge in [-0.15, -0.1) is 0 Å². The van der Waals surface area contributed by atoms with Crippen LogP contribution in [0, 0.1) is 6.92 Å². The van der Waals surface area contributed by atoms with Crippen molar-refractivity contribution in [3.05, 3.63) is 50.8 Å². The van der Waals surface area contributed by atoms with E-state index in [0.717, 1.165) is 51.3 Å². The molecule has 1 aromatic carbocycles. The molecule has 0 spiro atoms. The second-order valence-electron chi connectivity index (χ2n) is 8.98. The van der Waals surface area contributed by atoms with Crippen LogP contribution in [0.25, 0.3) is 22.3 Å². The smallest absolute Gasteiger partial charge is 0.254 e. The topological polar surface area (TPSA) is 75.1 Å². The van der Waals surface area contributed by atoms with Gasteiger partial charge in [-0.05, 0) is 45.6 Å². The average Bonchev–Trinajstić information content (AvgIpc) is 3.47. The lowest BCUT2D eigenvalue weighted by molar-refractivity contribution is -0.150. The molecule has 3 aromatic rings. The number of hydrogen-bond donors (Lipinski definition) is 0. The first-order valence-electron chi connectivity index (χ1n) is 10.8. The predicted octanol–water partition coefficient (Wildman–Crippen LogP) is 2.74. The molecule has 0 N–H and O–H groups in total. The monoisotopic (exact) mass is 435 g/mol. The Bertz CT molecular complexity index is 1340. The van der Waals surface area contributed by atoms with Gasteiger partial charge in [-0.3, -0.25) is 4.79 Å². The van der Waals surface area contributed by atoms with E-state index >= 15 is 0 Å². The molecule has 0 amide bonds. The molecule has 3 aliphatic rings. The van der Waals surface area contributed by atoms with Crippen LogP contribution in [0.2, 0.25) is 0 Å². The van der Waals surface area contributed by atoms with Gasteiger partial charge in [-0.2, -0.15) is 0 Å². The highest BCUT2D eigenvalue weighted by Crippen LogP contribution is 2.43. The van der Waals surface area contributed by atoms with E-state index in [-0.39, 0.29) is 12.4 Å². The van der Waals surface area contributed by atoms with Gasteiger partial charge in [0.05, 0.1) is 36.7 Å². The Hall–Kier alpha value is -2.94.